The van der Waals surface area contributed by atoms with E-state index in [1.165, 1.54) is 43.6 Å². The van der Waals surface area contributed by atoms with Crippen molar-refractivity contribution in [1.29, 1.82) is 0 Å². The van der Waals surface area contributed by atoms with Crippen LogP contribution >= 0.6 is 0 Å². The quantitative estimate of drug-likeness (QED) is 0.699. The van der Waals surface area contributed by atoms with Crippen LogP contribution in [-0.4, -0.2) is 18.0 Å². The van der Waals surface area contributed by atoms with Gasteiger partial charge in [0, 0.05) is 29.1 Å². The van der Waals surface area contributed by atoms with Crippen LogP contribution in [0.1, 0.15) is 15.9 Å². The summed E-state index contributed by atoms with van der Waals surface area (Å²) in [4.78, 5) is 16.2. The first-order valence-electron chi connectivity index (χ1n) is 7.96. The van der Waals surface area contributed by atoms with Crippen molar-refractivity contribution in [2.45, 2.75) is 6.18 Å². The second kappa shape index (κ2) is 7.49. The van der Waals surface area contributed by atoms with Gasteiger partial charge in [-0.05, 0) is 36.4 Å². The molecule has 138 valence electrons. The van der Waals surface area contributed by atoms with Gasteiger partial charge in [-0.3, -0.25) is 9.78 Å². The molecule has 1 aromatic heterocycles. The van der Waals surface area contributed by atoms with Crippen LogP contribution in [-0.2, 0) is 6.18 Å². The predicted octanol–water partition coefficient (Wildman–Crippen LogP) is 5.03. The first kappa shape index (κ1) is 18.4. The topological polar surface area (TPSA) is 51.2 Å². The third-order valence-electron chi connectivity index (χ3n) is 3.86. The summed E-state index contributed by atoms with van der Waals surface area (Å²) >= 11 is 0. The molecule has 0 bridgehead atoms. The van der Waals surface area contributed by atoms with Crippen LogP contribution in [0.15, 0.2) is 66.9 Å². The van der Waals surface area contributed by atoms with E-state index in [1.54, 1.807) is 24.3 Å². The molecule has 0 saturated carbocycles. The minimum atomic E-state index is -4.51. The average molecular weight is 372 g/mol. The molecule has 4 nitrogen and oxygen atoms in total. The number of hydrogen-bond acceptors (Lipinski definition) is 3. The van der Waals surface area contributed by atoms with Crippen molar-refractivity contribution < 1.29 is 22.7 Å². The van der Waals surface area contributed by atoms with Crippen molar-refractivity contribution in [2.75, 3.05) is 12.4 Å². The van der Waals surface area contributed by atoms with Crippen LogP contribution < -0.4 is 10.1 Å². The molecule has 2 aromatic carbocycles. The molecule has 0 saturated heterocycles. The molecule has 1 N–H and O–H groups in total. The zero-order valence-corrected chi connectivity index (χ0v) is 14.2. The Balaban J connectivity index is 1.83. The lowest BCUT2D eigenvalue weighted by Crippen LogP contribution is -2.12. The molecular weight excluding hydrogens is 357 g/mol. The monoisotopic (exact) mass is 372 g/mol. The Kier molecular flexibility index (Phi) is 5.12. The van der Waals surface area contributed by atoms with Gasteiger partial charge in [-0.25, -0.2) is 0 Å². The number of carbonyl (C=O) groups excluding carboxylic acids is 1. The van der Waals surface area contributed by atoms with E-state index < -0.39 is 11.7 Å². The molecule has 0 unspecified atom stereocenters. The highest BCUT2D eigenvalue weighted by Gasteiger charge is 2.34. The van der Waals surface area contributed by atoms with Gasteiger partial charge in [0.25, 0.3) is 5.91 Å². The predicted molar refractivity (Wildman–Crippen MR) is 95.6 cm³/mol. The molecule has 3 aromatic rings. The number of methoxy groups -OCH3 is 1. The molecule has 0 atom stereocenters. The Morgan fingerprint density at radius 2 is 1.78 bits per heavy atom. The zero-order valence-electron chi connectivity index (χ0n) is 14.2. The molecule has 0 radical (unpaired) electrons. The number of nitrogens with one attached hydrogen (secondary N) is 1. The zero-order chi connectivity index (χ0) is 19.4. The van der Waals surface area contributed by atoms with Gasteiger partial charge < -0.3 is 10.1 Å². The van der Waals surface area contributed by atoms with E-state index >= 15 is 0 Å². The number of carbonyl (C=O) groups is 1. The molecule has 0 aliphatic heterocycles. The lowest BCUT2D eigenvalue weighted by Gasteiger charge is -2.12. The van der Waals surface area contributed by atoms with Gasteiger partial charge in [-0.2, -0.15) is 13.2 Å². The van der Waals surface area contributed by atoms with Gasteiger partial charge in [-0.1, -0.05) is 18.2 Å². The number of rotatable bonds is 4. The molecule has 0 aliphatic rings. The van der Waals surface area contributed by atoms with Gasteiger partial charge in [0.05, 0.1) is 18.4 Å². The fraction of sp³-hybridized carbons (Fsp3) is 0.100. The van der Waals surface area contributed by atoms with Crippen LogP contribution in [0.5, 0.6) is 5.75 Å². The van der Waals surface area contributed by atoms with E-state index in [1.807, 2.05) is 0 Å². The molecule has 0 aliphatic carbocycles. The Hall–Kier alpha value is -3.35. The highest BCUT2D eigenvalue weighted by Crippen LogP contribution is 2.35. The van der Waals surface area contributed by atoms with E-state index in [4.69, 9.17) is 4.74 Å². The summed E-state index contributed by atoms with van der Waals surface area (Å²) in [6, 6.07) is 14.9. The standard InChI is InChI=1S/C20H15F3N2O2/c1-27-16-5-2-4-15(12-16)25-19(26)14-9-7-13(8-10-14)18-17(20(21,22)23)6-3-11-24-18/h2-12H,1H3,(H,25,26). The normalized spacial score (nSPS) is 11.1. The average Bonchev–Trinajstić information content (AvgIpc) is 2.67. The number of anilines is 1. The van der Waals surface area contributed by atoms with Crippen LogP contribution in [0.3, 0.4) is 0 Å². The minimum absolute atomic E-state index is 0.176. The summed E-state index contributed by atoms with van der Waals surface area (Å²) in [5.74, 6) is 0.213. The first-order valence-corrected chi connectivity index (χ1v) is 7.96. The number of benzene rings is 2. The Bertz CT molecular complexity index is 954. The molecule has 0 spiro atoms. The van der Waals surface area contributed by atoms with Crippen LogP contribution in [0, 0.1) is 0 Å². The maximum Gasteiger partial charge on any atom is 0.418 e. The van der Waals surface area contributed by atoms with Gasteiger partial charge in [0.2, 0.25) is 0 Å². The Labute approximate surface area is 153 Å². The maximum absolute atomic E-state index is 13.1. The number of alkyl halides is 3. The van der Waals surface area contributed by atoms with E-state index in [-0.39, 0.29) is 17.2 Å². The number of aromatic nitrogens is 1. The van der Waals surface area contributed by atoms with Gasteiger partial charge in [0.15, 0.2) is 0 Å². The SMILES string of the molecule is COc1cccc(NC(=O)c2ccc(-c3ncccc3C(F)(F)F)cc2)c1. The molecular formula is C20H15F3N2O2. The number of ether oxygens (including phenoxy) is 1. The molecule has 1 amide bonds. The van der Waals surface area contributed by atoms with Gasteiger partial charge in [-0.15, -0.1) is 0 Å². The minimum Gasteiger partial charge on any atom is -0.497 e. The van der Waals surface area contributed by atoms with E-state index in [0.717, 1.165) is 6.07 Å². The molecule has 27 heavy (non-hydrogen) atoms. The van der Waals surface area contributed by atoms with Crippen molar-refractivity contribution in [3.63, 3.8) is 0 Å². The third kappa shape index (κ3) is 4.25. The summed E-state index contributed by atoms with van der Waals surface area (Å²) in [5.41, 5.74) is 0.141. The fourth-order valence-corrected chi connectivity index (χ4v) is 2.55. The largest absolute Gasteiger partial charge is 0.497 e. The third-order valence-corrected chi connectivity index (χ3v) is 3.86. The molecule has 7 heteroatoms. The summed E-state index contributed by atoms with van der Waals surface area (Å²) in [5, 5.41) is 2.71. The number of halogens is 3. The first-order chi connectivity index (χ1) is 12.9. The lowest BCUT2D eigenvalue weighted by molar-refractivity contribution is -0.137. The van der Waals surface area contributed by atoms with Crippen LogP contribution in [0.25, 0.3) is 11.3 Å². The fourth-order valence-electron chi connectivity index (χ4n) is 2.55. The number of nitrogens with zero attached hydrogens (tertiary/aromatic N) is 1. The summed E-state index contributed by atoms with van der Waals surface area (Å²) < 4.78 is 44.5. The molecule has 0 fully saturated rings. The Morgan fingerprint density at radius 3 is 2.44 bits per heavy atom. The highest BCUT2D eigenvalue weighted by molar-refractivity contribution is 6.04. The highest BCUT2D eigenvalue weighted by atomic mass is 19.4. The van der Waals surface area contributed by atoms with Crippen LogP contribution in [0.2, 0.25) is 0 Å². The molecule has 1 heterocycles. The van der Waals surface area contributed by atoms with Crippen molar-refractivity contribution in [3.05, 3.63) is 78.0 Å². The van der Waals surface area contributed by atoms with Crippen LogP contribution in [0.4, 0.5) is 18.9 Å². The lowest BCUT2D eigenvalue weighted by atomic mass is 10.0. The smallest absolute Gasteiger partial charge is 0.418 e. The molecule has 3 rings (SSSR count). The Morgan fingerprint density at radius 1 is 1.04 bits per heavy atom. The second-order valence-corrected chi connectivity index (χ2v) is 5.66. The van der Waals surface area contributed by atoms with Gasteiger partial charge in [0.1, 0.15) is 5.75 Å². The summed E-state index contributed by atoms with van der Waals surface area (Å²) in [6.45, 7) is 0. The maximum atomic E-state index is 13.1. The van der Waals surface area contributed by atoms with Crippen molar-refractivity contribution in [2.24, 2.45) is 0 Å². The summed E-state index contributed by atoms with van der Waals surface area (Å²) in [7, 11) is 1.52. The van der Waals surface area contributed by atoms with E-state index in [0.29, 0.717) is 17.0 Å². The van der Waals surface area contributed by atoms with Crippen molar-refractivity contribution >= 4 is 11.6 Å². The van der Waals surface area contributed by atoms with E-state index in [2.05, 4.69) is 10.3 Å². The number of hydrogen-bond donors (Lipinski definition) is 1. The number of pyridine rings is 1. The van der Waals surface area contributed by atoms with Gasteiger partial charge >= 0.3 is 6.18 Å². The summed E-state index contributed by atoms with van der Waals surface area (Å²) in [6.07, 6.45) is -3.21. The number of amides is 1. The van der Waals surface area contributed by atoms with Crippen molar-refractivity contribution in [1.82, 2.24) is 4.98 Å². The second-order valence-electron chi connectivity index (χ2n) is 5.66. The van der Waals surface area contributed by atoms with E-state index in [9.17, 15) is 18.0 Å². The van der Waals surface area contributed by atoms with Crippen molar-refractivity contribution in [3.8, 4) is 17.0 Å².